The molecule has 2 aromatic rings. The molecule has 0 aliphatic heterocycles. The van der Waals surface area contributed by atoms with Gasteiger partial charge < -0.3 is 10.8 Å². The van der Waals surface area contributed by atoms with Gasteiger partial charge in [-0.25, -0.2) is 4.79 Å². The molecule has 0 unspecified atom stereocenters. The third-order valence-corrected chi connectivity index (χ3v) is 3.34. The van der Waals surface area contributed by atoms with Gasteiger partial charge in [-0.1, -0.05) is 17.7 Å². The maximum atomic E-state index is 11.0. The number of aromatic carboxylic acids is 1. The zero-order valence-electron chi connectivity index (χ0n) is 10.6. The van der Waals surface area contributed by atoms with Gasteiger partial charge in [0.1, 0.15) is 5.56 Å². The highest BCUT2D eigenvalue weighted by Crippen LogP contribution is 2.20. The van der Waals surface area contributed by atoms with E-state index in [1.807, 2.05) is 0 Å². The van der Waals surface area contributed by atoms with Crippen LogP contribution < -0.4 is 5.73 Å². The van der Waals surface area contributed by atoms with Crippen molar-refractivity contribution < 1.29 is 14.7 Å². The normalized spacial score (nSPS) is 10.5. The number of aromatic nitrogens is 2. The molecule has 1 heterocycles. The fourth-order valence-corrected chi connectivity index (χ4v) is 2.05. The Labute approximate surface area is 119 Å². The molecule has 1 aromatic carbocycles. The first-order chi connectivity index (χ1) is 9.40. The number of nitrogens with zero attached hydrogens (tertiary/aromatic N) is 2. The first kappa shape index (κ1) is 14.1. The highest BCUT2D eigenvalue weighted by atomic mass is 35.5. The van der Waals surface area contributed by atoms with Crippen LogP contribution >= 0.6 is 11.6 Å². The smallest absolute Gasteiger partial charge is 0.339 e. The molecular formula is C13H12ClN3O3. The Bertz CT molecular complexity index is 694. The number of rotatable bonds is 4. The van der Waals surface area contributed by atoms with Crippen molar-refractivity contribution in [3.05, 3.63) is 51.8 Å². The first-order valence-electron chi connectivity index (χ1n) is 5.74. The number of amides is 1. The van der Waals surface area contributed by atoms with Gasteiger partial charge in [0.2, 0.25) is 5.91 Å². The van der Waals surface area contributed by atoms with Gasteiger partial charge in [-0.15, -0.1) is 0 Å². The van der Waals surface area contributed by atoms with E-state index in [1.54, 1.807) is 19.1 Å². The molecule has 0 spiro atoms. The van der Waals surface area contributed by atoms with Crippen molar-refractivity contribution in [2.45, 2.75) is 13.5 Å². The molecule has 0 fully saturated rings. The van der Waals surface area contributed by atoms with E-state index in [0.29, 0.717) is 22.8 Å². The Morgan fingerprint density at radius 1 is 1.45 bits per heavy atom. The van der Waals surface area contributed by atoms with E-state index in [2.05, 4.69) is 5.10 Å². The van der Waals surface area contributed by atoms with Crippen LogP contribution in [0.3, 0.4) is 0 Å². The minimum absolute atomic E-state index is 0.148. The molecule has 0 saturated carbocycles. The fraction of sp³-hybridized carbons (Fsp3) is 0.154. The average molecular weight is 294 g/mol. The van der Waals surface area contributed by atoms with E-state index in [4.69, 9.17) is 22.4 Å². The van der Waals surface area contributed by atoms with Gasteiger partial charge in [0, 0.05) is 10.6 Å². The Morgan fingerprint density at radius 2 is 2.15 bits per heavy atom. The number of carboxylic acids is 1. The number of carbonyl (C=O) groups excluding carboxylic acids is 1. The quantitative estimate of drug-likeness (QED) is 0.896. The number of halogens is 1. The van der Waals surface area contributed by atoms with Crippen molar-refractivity contribution in [1.29, 1.82) is 0 Å². The number of benzene rings is 1. The molecule has 1 aromatic heterocycles. The number of nitrogens with two attached hydrogens (primary N) is 1. The van der Waals surface area contributed by atoms with Crippen LogP contribution in [0.5, 0.6) is 0 Å². The lowest BCUT2D eigenvalue weighted by Gasteiger charge is -2.08. The van der Waals surface area contributed by atoms with Crippen molar-refractivity contribution in [2.75, 3.05) is 0 Å². The van der Waals surface area contributed by atoms with E-state index >= 15 is 0 Å². The number of primary amides is 1. The molecule has 0 saturated heterocycles. The zero-order valence-corrected chi connectivity index (χ0v) is 11.4. The topological polar surface area (TPSA) is 98.2 Å². The molecule has 0 radical (unpaired) electrons. The molecule has 104 valence electrons. The van der Waals surface area contributed by atoms with Crippen molar-refractivity contribution in [1.82, 2.24) is 9.78 Å². The van der Waals surface area contributed by atoms with E-state index < -0.39 is 11.9 Å². The highest BCUT2D eigenvalue weighted by Gasteiger charge is 2.14. The SMILES string of the molecule is Cc1c(C(=O)O)cnn1Cc1ccc(C(N)=O)cc1Cl. The predicted molar refractivity (Wildman–Crippen MR) is 73.0 cm³/mol. The summed E-state index contributed by atoms with van der Waals surface area (Å²) in [4.78, 5) is 22.0. The minimum Gasteiger partial charge on any atom is -0.478 e. The van der Waals surface area contributed by atoms with Crippen molar-refractivity contribution in [3.8, 4) is 0 Å². The molecule has 6 nitrogen and oxygen atoms in total. The summed E-state index contributed by atoms with van der Waals surface area (Å²) in [5.74, 6) is -1.58. The van der Waals surface area contributed by atoms with Crippen LogP contribution in [0.15, 0.2) is 24.4 Å². The summed E-state index contributed by atoms with van der Waals surface area (Å²) in [6.45, 7) is 1.99. The Kier molecular flexibility index (Phi) is 3.76. The second-order valence-corrected chi connectivity index (χ2v) is 4.68. The van der Waals surface area contributed by atoms with Crippen LogP contribution in [0.25, 0.3) is 0 Å². The number of hydrogen-bond acceptors (Lipinski definition) is 3. The van der Waals surface area contributed by atoms with Gasteiger partial charge in [0.25, 0.3) is 0 Å². The summed E-state index contributed by atoms with van der Waals surface area (Å²) < 4.78 is 1.54. The molecule has 0 atom stereocenters. The summed E-state index contributed by atoms with van der Waals surface area (Å²) in [7, 11) is 0. The van der Waals surface area contributed by atoms with Gasteiger partial charge in [-0.3, -0.25) is 9.48 Å². The lowest BCUT2D eigenvalue weighted by atomic mass is 10.1. The summed E-state index contributed by atoms with van der Waals surface area (Å²) in [5.41, 5.74) is 6.89. The molecule has 0 aliphatic rings. The Morgan fingerprint density at radius 3 is 2.65 bits per heavy atom. The largest absolute Gasteiger partial charge is 0.478 e. The van der Waals surface area contributed by atoms with Gasteiger partial charge >= 0.3 is 5.97 Å². The van der Waals surface area contributed by atoms with Gasteiger partial charge in [-0.2, -0.15) is 5.10 Å². The lowest BCUT2D eigenvalue weighted by Crippen LogP contribution is -2.11. The third-order valence-electron chi connectivity index (χ3n) is 2.99. The predicted octanol–water partition coefficient (Wildman–Crippen LogP) is 1.69. The number of hydrogen-bond donors (Lipinski definition) is 2. The molecule has 0 aliphatic carbocycles. The molecule has 3 N–H and O–H groups in total. The summed E-state index contributed by atoms with van der Waals surface area (Å²) in [5, 5.41) is 13.4. The highest BCUT2D eigenvalue weighted by molar-refractivity contribution is 6.31. The molecule has 7 heteroatoms. The summed E-state index contributed by atoms with van der Waals surface area (Å²) in [6.07, 6.45) is 1.29. The lowest BCUT2D eigenvalue weighted by molar-refractivity contribution is 0.0695. The van der Waals surface area contributed by atoms with E-state index in [-0.39, 0.29) is 5.56 Å². The molecule has 1 amide bonds. The summed E-state index contributed by atoms with van der Waals surface area (Å²) in [6, 6.07) is 4.72. The molecular weight excluding hydrogens is 282 g/mol. The average Bonchev–Trinajstić information content (AvgIpc) is 2.73. The molecule has 2 rings (SSSR count). The van der Waals surface area contributed by atoms with E-state index in [1.165, 1.54) is 16.9 Å². The van der Waals surface area contributed by atoms with Crippen LogP contribution in [0.2, 0.25) is 5.02 Å². The second kappa shape index (κ2) is 5.34. The molecule has 20 heavy (non-hydrogen) atoms. The van der Waals surface area contributed by atoms with Crippen molar-refractivity contribution in [3.63, 3.8) is 0 Å². The Hall–Kier alpha value is -2.34. The molecule has 0 bridgehead atoms. The van der Waals surface area contributed by atoms with Crippen molar-refractivity contribution >= 4 is 23.5 Å². The van der Waals surface area contributed by atoms with Gasteiger partial charge in [0.15, 0.2) is 0 Å². The minimum atomic E-state index is -1.02. The van der Waals surface area contributed by atoms with Gasteiger partial charge in [-0.05, 0) is 24.6 Å². The maximum absolute atomic E-state index is 11.0. The van der Waals surface area contributed by atoms with Crippen LogP contribution in [0.4, 0.5) is 0 Å². The second-order valence-electron chi connectivity index (χ2n) is 4.28. The Balaban J connectivity index is 2.31. The van der Waals surface area contributed by atoms with Crippen LogP contribution in [0.1, 0.15) is 32.0 Å². The third kappa shape index (κ3) is 2.65. The van der Waals surface area contributed by atoms with Crippen LogP contribution in [0, 0.1) is 6.92 Å². The van der Waals surface area contributed by atoms with Crippen molar-refractivity contribution in [2.24, 2.45) is 5.73 Å². The zero-order chi connectivity index (χ0) is 14.9. The standard InChI is InChI=1S/C13H12ClN3O3/c1-7-10(13(19)20)5-16-17(7)6-9-3-2-8(12(15)18)4-11(9)14/h2-5H,6H2,1H3,(H2,15,18)(H,19,20). The van der Waals surface area contributed by atoms with Crippen LogP contribution in [-0.4, -0.2) is 26.8 Å². The van der Waals surface area contributed by atoms with Crippen LogP contribution in [-0.2, 0) is 6.54 Å². The van der Waals surface area contributed by atoms with E-state index in [9.17, 15) is 9.59 Å². The van der Waals surface area contributed by atoms with E-state index in [0.717, 1.165) is 5.56 Å². The first-order valence-corrected chi connectivity index (χ1v) is 6.12. The maximum Gasteiger partial charge on any atom is 0.339 e. The number of carbonyl (C=O) groups is 2. The number of carboxylic acid groups (broad SMARTS) is 1. The fourth-order valence-electron chi connectivity index (χ4n) is 1.81. The summed E-state index contributed by atoms with van der Waals surface area (Å²) >= 11 is 6.08. The monoisotopic (exact) mass is 293 g/mol. The van der Waals surface area contributed by atoms with Gasteiger partial charge in [0.05, 0.1) is 18.4 Å².